The van der Waals surface area contributed by atoms with Gasteiger partial charge in [0.25, 0.3) is 11.7 Å². The number of ether oxygens (including phenoxy) is 2. The first-order chi connectivity index (χ1) is 18.4. The Morgan fingerprint density at radius 1 is 1.08 bits per heavy atom. The highest BCUT2D eigenvalue weighted by molar-refractivity contribution is 6.46. The molecular formula is C29H25N3O6. The van der Waals surface area contributed by atoms with Crippen molar-refractivity contribution in [1.29, 1.82) is 0 Å². The summed E-state index contributed by atoms with van der Waals surface area (Å²) >= 11 is 0. The quantitative estimate of drug-likeness (QED) is 0.166. The van der Waals surface area contributed by atoms with Gasteiger partial charge in [-0.05, 0) is 60.0 Å². The maximum Gasteiger partial charge on any atom is 0.337 e. The molecule has 5 rings (SSSR count). The summed E-state index contributed by atoms with van der Waals surface area (Å²) in [6, 6.07) is 14.5. The smallest absolute Gasteiger partial charge is 0.337 e. The minimum atomic E-state index is -0.860. The Morgan fingerprint density at radius 3 is 2.55 bits per heavy atom. The summed E-state index contributed by atoms with van der Waals surface area (Å²) in [6.45, 7) is 0.210. The van der Waals surface area contributed by atoms with Gasteiger partial charge in [-0.2, -0.15) is 0 Å². The molecule has 0 spiro atoms. The van der Waals surface area contributed by atoms with E-state index in [1.807, 2.05) is 24.4 Å². The summed E-state index contributed by atoms with van der Waals surface area (Å²) in [4.78, 5) is 47.2. The van der Waals surface area contributed by atoms with Gasteiger partial charge in [0.2, 0.25) is 0 Å². The fourth-order valence-electron chi connectivity index (χ4n) is 4.77. The number of aliphatic hydroxyl groups is 1. The van der Waals surface area contributed by atoms with E-state index in [-0.39, 0.29) is 17.9 Å². The van der Waals surface area contributed by atoms with Gasteiger partial charge < -0.3 is 24.5 Å². The monoisotopic (exact) mass is 511 g/mol. The van der Waals surface area contributed by atoms with Crippen LogP contribution in [-0.4, -0.2) is 58.4 Å². The van der Waals surface area contributed by atoms with Gasteiger partial charge in [-0.25, -0.2) is 4.79 Å². The summed E-state index contributed by atoms with van der Waals surface area (Å²) in [5, 5.41) is 12.1. The molecule has 1 amide bonds. The Balaban J connectivity index is 1.55. The molecule has 0 radical (unpaired) electrons. The van der Waals surface area contributed by atoms with Crippen LogP contribution in [0.1, 0.15) is 33.1 Å². The van der Waals surface area contributed by atoms with Gasteiger partial charge in [-0.3, -0.25) is 14.6 Å². The van der Waals surface area contributed by atoms with Crippen molar-refractivity contribution in [3.63, 3.8) is 0 Å². The van der Waals surface area contributed by atoms with E-state index in [4.69, 9.17) is 9.47 Å². The molecular weight excluding hydrogens is 486 g/mol. The number of rotatable bonds is 7. The second-order valence-corrected chi connectivity index (χ2v) is 8.82. The maximum absolute atomic E-state index is 13.3. The number of amides is 1. The lowest BCUT2D eigenvalue weighted by Crippen LogP contribution is -2.31. The molecule has 3 heterocycles. The van der Waals surface area contributed by atoms with Crippen LogP contribution < -0.4 is 4.74 Å². The zero-order valence-electron chi connectivity index (χ0n) is 20.8. The minimum Gasteiger partial charge on any atom is -0.507 e. The number of aromatic nitrogens is 2. The summed E-state index contributed by atoms with van der Waals surface area (Å²) in [6.07, 6.45) is 5.30. The second-order valence-electron chi connectivity index (χ2n) is 8.82. The highest BCUT2D eigenvalue weighted by Gasteiger charge is 2.46. The third-order valence-corrected chi connectivity index (χ3v) is 6.72. The molecule has 1 unspecified atom stereocenters. The number of methoxy groups -OCH3 is 2. The number of carbonyl (C=O) groups is 3. The molecule has 0 saturated carbocycles. The van der Waals surface area contributed by atoms with Crippen molar-refractivity contribution < 1.29 is 29.0 Å². The molecule has 38 heavy (non-hydrogen) atoms. The number of hydrogen-bond donors (Lipinski definition) is 2. The highest BCUT2D eigenvalue weighted by Crippen LogP contribution is 2.39. The standard InChI is InChI=1S/C29H25N3O6/c1-37-21-9-10-23-22(14-21)19(16-31-23)11-13-32-25(17-5-7-18(8-6-17)29(36)38-2)24(27(34)28(32)35)26(33)20-4-3-12-30-15-20/h3-10,12,14-16,25,31,33H,11,13H2,1-2H3/b26-24+. The summed E-state index contributed by atoms with van der Waals surface area (Å²) < 4.78 is 10.1. The van der Waals surface area contributed by atoms with E-state index in [0.717, 1.165) is 16.5 Å². The van der Waals surface area contributed by atoms with Gasteiger partial charge in [0.05, 0.1) is 31.4 Å². The summed E-state index contributed by atoms with van der Waals surface area (Å²) in [7, 11) is 2.89. The molecule has 1 atom stereocenters. The third-order valence-electron chi connectivity index (χ3n) is 6.72. The van der Waals surface area contributed by atoms with Gasteiger partial charge in [0, 0.05) is 41.6 Å². The lowest BCUT2D eigenvalue weighted by atomic mass is 9.95. The fourth-order valence-corrected chi connectivity index (χ4v) is 4.77. The molecule has 2 aromatic heterocycles. The average molecular weight is 512 g/mol. The van der Waals surface area contributed by atoms with Crippen molar-refractivity contribution >= 4 is 34.3 Å². The normalized spacial score (nSPS) is 16.7. The molecule has 1 saturated heterocycles. The van der Waals surface area contributed by atoms with Crippen molar-refractivity contribution in [2.75, 3.05) is 20.8 Å². The molecule has 1 aliphatic rings. The first-order valence-corrected chi connectivity index (χ1v) is 11.9. The minimum absolute atomic E-state index is 0.0330. The van der Waals surface area contributed by atoms with Gasteiger partial charge in [0.1, 0.15) is 11.5 Å². The first kappa shape index (κ1) is 24.8. The van der Waals surface area contributed by atoms with E-state index < -0.39 is 23.7 Å². The number of aromatic amines is 1. The number of esters is 1. The third kappa shape index (κ3) is 4.39. The van der Waals surface area contributed by atoms with Gasteiger partial charge >= 0.3 is 5.97 Å². The number of likely N-dealkylation sites (tertiary alicyclic amines) is 1. The van der Waals surface area contributed by atoms with Gasteiger partial charge in [-0.15, -0.1) is 0 Å². The largest absolute Gasteiger partial charge is 0.507 e. The Bertz CT molecular complexity index is 1560. The topological polar surface area (TPSA) is 122 Å². The van der Waals surface area contributed by atoms with E-state index in [0.29, 0.717) is 28.9 Å². The Morgan fingerprint density at radius 2 is 1.87 bits per heavy atom. The Kier molecular flexibility index (Phi) is 6.66. The average Bonchev–Trinajstić information content (AvgIpc) is 3.48. The predicted molar refractivity (Wildman–Crippen MR) is 140 cm³/mol. The molecule has 9 nitrogen and oxygen atoms in total. The molecule has 1 fully saturated rings. The zero-order chi connectivity index (χ0) is 26.8. The number of H-pyrrole nitrogens is 1. The van der Waals surface area contributed by atoms with Crippen molar-refractivity contribution in [2.24, 2.45) is 0 Å². The van der Waals surface area contributed by atoms with Crippen LogP contribution in [0, 0.1) is 0 Å². The number of fused-ring (bicyclic) bond motifs is 1. The maximum atomic E-state index is 13.3. The van der Waals surface area contributed by atoms with E-state index in [1.165, 1.54) is 18.2 Å². The number of Topliss-reactive ketones (excluding diaryl/α,β-unsaturated/α-hetero) is 1. The van der Waals surface area contributed by atoms with Crippen molar-refractivity contribution in [3.05, 3.63) is 101 Å². The fraction of sp³-hybridized carbons (Fsp3) is 0.172. The number of nitrogens with one attached hydrogen (secondary N) is 1. The molecule has 2 N–H and O–H groups in total. The van der Waals surface area contributed by atoms with Crippen molar-refractivity contribution in [1.82, 2.24) is 14.9 Å². The molecule has 0 bridgehead atoms. The zero-order valence-corrected chi connectivity index (χ0v) is 20.8. The van der Waals surface area contributed by atoms with Crippen LogP contribution in [0.5, 0.6) is 5.75 Å². The summed E-state index contributed by atoms with van der Waals surface area (Å²) in [5.41, 5.74) is 3.07. The summed E-state index contributed by atoms with van der Waals surface area (Å²) in [5.74, 6) is -1.60. The van der Waals surface area contributed by atoms with E-state index in [1.54, 1.807) is 49.7 Å². The molecule has 9 heteroatoms. The SMILES string of the molecule is COC(=O)c1ccc(C2/C(=C(\O)c3cccnc3)C(=O)C(=O)N2CCc2c[nH]c3ccc(OC)cc23)cc1. The van der Waals surface area contributed by atoms with Crippen LogP contribution in [0.3, 0.4) is 0 Å². The van der Waals surface area contributed by atoms with E-state index in [9.17, 15) is 19.5 Å². The van der Waals surface area contributed by atoms with Crippen LogP contribution in [0.2, 0.25) is 0 Å². The van der Waals surface area contributed by atoms with Crippen LogP contribution in [-0.2, 0) is 20.7 Å². The van der Waals surface area contributed by atoms with Crippen LogP contribution in [0.15, 0.2) is 78.8 Å². The molecule has 1 aliphatic heterocycles. The van der Waals surface area contributed by atoms with Gasteiger partial charge in [-0.1, -0.05) is 12.1 Å². The van der Waals surface area contributed by atoms with Crippen LogP contribution in [0.4, 0.5) is 0 Å². The lowest BCUT2D eigenvalue weighted by Gasteiger charge is -2.25. The van der Waals surface area contributed by atoms with Crippen LogP contribution >= 0.6 is 0 Å². The number of benzene rings is 2. The predicted octanol–water partition coefficient (Wildman–Crippen LogP) is 4.02. The number of ketones is 1. The van der Waals surface area contributed by atoms with Crippen LogP contribution in [0.25, 0.3) is 16.7 Å². The first-order valence-electron chi connectivity index (χ1n) is 11.9. The number of hydrogen-bond acceptors (Lipinski definition) is 7. The lowest BCUT2D eigenvalue weighted by molar-refractivity contribution is -0.139. The molecule has 2 aromatic carbocycles. The van der Waals surface area contributed by atoms with Crippen molar-refractivity contribution in [3.8, 4) is 5.75 Å². The number of pyridine rings is 1. The highest BCUT2D eigenvalue weighted by atomic mass is 16.5. The Labute approximate surface area is 218 Å². The number of aliphatic hydroxyl groups excluding tert-OH is 1. The molecule has 0 aliphatic carbocycles. The van der Waals surface area contributed by atoms with E-state index in [2.05, 4.69) is 9.97 Å². The Hall–Kier alpha value is -4.92. The van der Waals surface area contributed by atoms with E-state index >= 15 is 0 Å². The van der Waals surface area contributed by atoms with Crippen molar-refractivity contribution in [2.45, 2.75) is 12.5 Å². The number of carbonyl (C=O) groups excluding carboxylic acids is 3. The molecule has 192 valence electrons. The number of nitrogens with zero attached hydrogens (tertiary/aromatic N) is 2. The van der Waals surface area contributed by atoms with Gasteiger partial charge in [0.15, 0.2) is 0 Å². The molecule has 4 aromatic rings. The second kappa shape index (κ2) is 10.2.